The number of ether oxygens (including phenoxy) is 5. The fourth-order valence-corrected chi connectivity index (χ4v) is 6.75. The number of aromatic hydroxyl groups is 1. The molecule has 7 N–H and O–H groups in total. The van der Waals surface area contributed by atoms with Crippen LogP contribution in [0.1, 0.15) is 67.2 Å². The second-order valence-electron chi connectivity index (χ2n) is 12.2. The van der Waals surface area contributed by atoms with Crippen LogP contribution in [0.5, 0.6) is 28.7 Å². The summed E-state index contributed by atoms with van der Waals surface area (Å²) in [4.78, 5) is 26.5. The fourth-order valence-electron chi connectivity index (χ4n) is 6.75. The summed E-state index contributed by atoms with van der Waals surface area (Å²) in [6.07, 6.45) is 6.24. The Bertz CT molecular complexity index is 1350. The van der Waals surface area contributed by atoms with Crippen molar-refractivity contribution in [2.45, 2.75) is 50.5 Å². The SMILES string of the molecule is COc1cc([C@@H]2c3cc4c(cc3[C@@H](NC(=O)NCCCCNCCCCNCCCCN)C3COC(=O)[C@@H]32)OCO4)cc(OC)c1O. The molecule has 1 unspecified atom stereocenters. The van der Waals surface area contributed by atoms with Gasteiger partial charge in [-0.2, -0.15) is 0 Å². The minimum atomic E-state index is -0.606. The largest absolute Gasteiger partial charge is 0.502 e. The summed E-state index contributed by atoms with van der Waals surface area (Å²) in [6.45, 7) is 5.45. The molecule has 0 saturated carbocycles. The maximum Gasteiger partial charge on any atom is 0.315 e. The van der Waals surface area contributed by atoms with Gasteiger partial charge >= 0.3 is 12.0 Å². The molecule has 0 spiro atoms. The molecule has 5 rings (SSSR count). The number of phenols is 1. The van der Waals surface area contributed by atoms with E-state index in [1.165, 1.54) is 14.2 Å². The van der Waals surface area contributed by atoms with Crippen molar-refractivity contribution in [3.05, 3.63) is 41.0 Å². The van der Waals surface area contributed by atoms with Gasteiger partial charge in [-0.25, -0.2) is 4.79 Å². The maximum atomic E-state index is 13.3. The Balaban J connectivity index is 1.20. The third-order valence-corrected chi connectivity index (χ3v) is 9.17. The number of unbranched alkanes of at least 4 members (excludes halogenated alkanes) is 3. The zero-order chi connectivity index (χ0) is 33.2. The molecule has 13 heteroatoms. The number of nitrogens with two attached hydrogens (primary N) is 1. The highest BCUT2D eigenvalue weighted by atomic mass is 16.7. The molecule has 2 aromatic carbocycles. The van der Waals surface area contributed by atoms with Crippen molar-refractivity contribution in [3.63, 3.8) is 0 Å². The number of nitrogens with one attached hydrogen (secondary N) is 4. The smallest absolute Gasteiger partial charge is 0.315 e. The zero-order valence-electron chi connectivity index (χ0n) is 27.4. The van der Waals surface area contributed by atoms with Crippen molar-refractivity contribution in [1.29, 1.82) is 0 Å². The molecule has 1 saturated heterocycles. The van der Waals surface area contributed by atoms with Crippen LogP contribution in [0.4, 0.5) is 4.79 Å². The first kappa shape index (κ1) is 34.4. The molecule has 0 aromatic heterocycles. The lowest BCUT2D eigenvalue weighted by atomic mass is 9.65. The van der Waals surface area contributed by atoms with E-state index in [4.69, 9.17) is 29.4 Å². The van der Waals surface area contributed by atoms with Crippen LogP contribution >= 0.6 is 0 Å². The summed E-state index contributed by atoms with van der Waals surface area (Å²) in [7, 11) is 2.92. The molecule has 47 heavy (non-hydrogen) atoms. The van der Waals surface area contributed by atoms with Crippen molar-refractivity contribution in [3.8, 4) is 28.7 Å². The van der Waals surface area contributed by atoms with Crippen molar-refractivity contribution < 1.29 is 38.4 Å². The molecule has 2 amide bonds. The molecule has 0 bridgehead atoms. The summed E-state index contributed by atoms with van der Waals surface area (Å²) in [5.41, 5.74) is 7.83. The van der Waals surface area contributed by atoms with Gasteiger partial charge in [0.25, 0.3) is 0 Å². The van der Waals surface area contributed by atoms with Gasteiger partial charge in [-0.3, -0.25) is 4.79 Å². The highest BCUT2D eigenvalue weighted by Crippen LogP contribution is 2.55. The Morgan fingerprint density at radius 1 is 0.851 bits per heavy atom. The van der Waals surface area contributed by atoms with Gasteiger partial charge in [-0.05, 0) is 112 Å². The lowest BCUT2D eigenvalue weighted by Crippen LogP contribution is -2.46. The van der Waals surface area contributed by atoms with Crippen LogP contribution in [0, 0.1) is 11.8 Å². The zero-order valence-corrected chi connectivity index (χ0v) is 27.4. The van der Waals surface area contributed by atoms with E-state index < -0.39 is 17.9 Å². The summed E-state index contributed by atoms with van der Waals surface area (Å²) < 4.78 is 27.9. The third kappa shape index (κ3) is 8.14. The molecule has 2 heterocycles. The normalized spacial score (nSPS) is 20.7. The summed E-state index contributed by atoms with van der Waals surface area (Å²) in [6, 6.07) is 6.35. The Hall–Kier alpha value is -3.94. The molecule has 13 nitrogen and oxygen atoms in total. The van der Waals surface area contributed by atoms with Crippen LogP contribution in [0.2, 0.25) is 0 Å². The van der Waals surface area contributed by atoms with Crippen molar-refractivity contribution in [2.24, 2.45) is 17.6 Å². The average molecular weight is 656 g/mol. The van der Waals surface area contributed by atoms with Gasteiger partial charge in [0.05, 0.1) is 32.8 Å². The second kappa shape index (κ2) is 16.8. The number of rotatable bonds is 18. The standard InChI is InChI=1S/C34H49N5O8/c1-43-27-15-21(16-28(44-2)32(27)40)29-22-17-25-26(47-20-46-25)18-23(22)31(24-19-45-33(41)30(24)29)39-34(42)38-14-8-7-13-37-12-6-5-11-36-10-4-3-9-35/h15-18,24,29-31,36-37,40H,3-14,19-20,35H2,1-2H3,(H2,38,39,42)/t24?,29-,30+,31-/m1/s1. The van der Waals surface area contributed by atoms with Crippen molar-refractivity contribution >= 4 is 12.0 Å². The molecule has 3 aliphatic rings. The van der Waals surface area contributed by atoms with Crippen LogP contribution in [0.25, 0.3) is 0 Å². The number of amides is 2. The molecule has 4 atom stereocenters. The lowest BCUT2D eigenvalue weighted by molar-refractivity contribution is -0.141. The van der Waals surface area contributed by atoms with E-state index in [1.807, 2.05) is 12.1 Å². The first-order valence-electron chi connectivity index (χ1n) is 16.7. The number of cyclic esters (lactones) is 1. The van der Waals surface area contributed by atoms with Crippen LogP contribution in [-0.2, 0) is 9.53 Å². The summed E-state index contributed by atoms with van der Waals surface area (Å²) >= 11 is 0. The molecule has 0 radical (unpaired) electrons. The van der Waals surface area contributed by atoms with E-state index in [0.717, 1.165) is 82.4 Å². The van der Waals surface area contributed by atoms with E-state index >= 15 is 0 Å². The number of methoxy groups -OCH3 is 2. The first-order chi connectivity index (χ1) is 23.0. The first-order valence-corrected chi connectivity index (χ1v) is 16.7. The van der Waals surface area contributed by atoms with E-state index in [2.05, 4.69) is 21.3 Å². The van der Waals surface area contributed by atoms with E-state index in [0.29, 0.717) is 23.6 Å². The summed E-state index contributed by atoms with van der Waals surface area (Å²) in [5.74, 6) is -0.332. The summed E-state index contributed by atoms with van der Waals surface area (Å²) in [5, 5.41) is 23.6. The number of esters is 1. The highest BCUT2D eigenvalue weighted by Gasteiger charge is 2.53. The topological polar surface area (TPSA) is 175 Å². The van der Waals surface area contributed by atoms with Crippen molar-refractivity contribution in [2.75, 3.05) is 66.9 Å². The molecule has 2 aliphatic heterocycles. The number of phenolic OH excluding ortho intramolecular Hbond substituents is 1. The van der Waals surface area contributed by atoms with Crippen LogP contribution < -0.4 is 45.9 Å². The van der Waals surface area contributed by atoms with Gasteiger partial charge in [-0.15, -0.1) is 0 Å². The Labute approximate surface area is 276 Å². The van der Waals surface area contributed by atoms with E-state index in [1.54, 1.807) is 12.1 Å². The Kier molecular flexibility index (Phi) is 12.3. The van der Waals surface area contributed by atoms with Gasteiger partial charge in [0.15, 0.2) is 23.0 Å². The molecule has 2 aromatic rings. The average Bonchev–Trinajstić information content (AvgIpc) is 3.70. The minimum absolute atomic E-state index is 0.0823. The molecule has 258 valence electrons. The molecular weight excluding hydrogens is 606 g/mol. The molecule has 1 fully saturated rings. The van der Waals surface area contributed by atoms with Gasteiger partial charge in [0.1, 0.15) is 0 Å². The number of carbonyl (C=O) groups is 2. The van der Waals surface area contributed by atoms with Crippen LogP contribution in [-0.4, -0.2) is 84.0 Å². The number of fused-ring (bicyclic) bond motifs is 3. The van der Waals surface area contributed by atoms with Gasteiger partial charge in [0, 0.05) is 18.4 Å². The number of hydrogen-bond donors (Lipinski definition) is 6. The predicted molar refractivity (Wildman–Crippen MR) is 175 cm³/mol. The van der Waals surface area contributed by atoms with Crippen LogP contribution in [0.15, 0.2) is 24.3 Å². The van der Waals surface area contributed by atoms with Gasteiger partial charge < -0.3 is 55.8 Å². The van der Waals surface area contributed by atoms with Crippen molar-refractivity contribution in [1.82, 2.24) is 21.3 Å². The number of carbonyl (C=O) groups excluding carboxylic acids is 2. The fraction of sp³-hybridized carbons (Fsp3) is 0.588. The monoisotopic (exact) mass is 655 g/mol. The molecule has 1 aliphatic carbocycles. The van der Waals surface area contributed by atoms with Gasteiger partial charge in [0.2, 0.25) is 12.5 Å². The van der Waals surface area contributed by atoms with E-state index in [9.17, 15) is 14.7 Å². The highest BCUT2D eigenvalue weighted by molar-refractivity contribution is 5.80. The third-order valence-electron chi connectivity index (χ3n) is 9.17. The Morgan fingerprint density at radius 2 is 1.43 bits per heavy atom. The minimum Gasteiger partial charge on any atom is -0.502 e. The quantitative estimate of drug-likeness (QED) is 0.103. The Morgan fingerprint density at radius 3 is 2.02 bits per heavy atom. The number of urea groups is 1. The van der Waals surface area contributed by atoms with Crippen LogP contribution in [0.3, 0.4) is 0 Å². The van der Waals surface area contributed by atoms with E-state index in [-0.39, 0.29) is 48.6 Å². The number of benzene rings is 2. The maximum absolute atomic E-state index is 13.3. The second-order valence-corrected chi connectivity index (χ2v) is 12.2. The van der Waals surface area contributed by atoms with Gasteiger partial charge in [-0.1, -0.05) is 0 Å². The lowest BCUT2D eigenvalue weighted by Gasteiger charge is -2.39. The molecular formula is C34H49N5O8. The number of hydrogen-bond acceptors (Lipinski definition) is 11. The predicted octanol–water partition coefficient (Wildman–Crippen LogP) is 2.89.